The summed E-state index contributed by atoms with van der Waals surface area (Å²) in [7, 11) is 4.02. The third-order valence-corrected chi connectivity index (χ3v) is 3.84. The van der Waals surface area contributed by atoms with E-state index in [0.29, 0.717) is 45.9 Å². The Bertz CT molecular complexity index is 306. The summed E-state index contributed by atoms with van der Waals surface area (Å²) in [4.78, 5) is 2.32. The Morgan fingerprint density at radius 1 is 0.571 bits per heavy atom. The van der Waals surface area contributed by atoms with Crippen LogP contribution in [0.3, 0.4) is 0 Å². The third kappa shape index (κ3) is 51.0. The lowest BCUT2D eigenvalue weighted by Crippen LogP contribution is -3.13. The van der Waals surface area contributed by atoms with Crippen molar-refractivity contribution in [1.82, 2.24) is 0 Å². The summed E-state index contributed by atoms with van der Waals surface area (Å²) in [6.07, 6.45) is 0. The molecule has 0 aliphatic carbocycles. The minimum Gasteiger partial charge on any atom is -0.391 e. The van der Waals surface area contributed by atoms with Crippen LogP contribution in [0.2, 0.25) is 0 Å². The Morgan fingerprint density at radius 3 is 1.00 bits per heavy atom. The Balaban J connectivity index is -0.000000110. The molecule has 0 bridgehead atoms. The molecule has 35 heavy (non-hydrogen) atoms. The summed E-state index contributed by atoms with van der Waals surface area (Å²) in [6, 6.07) is 0. The zero-order valence-corrected chi connectivity index (χ0v) is 22.0. The maximum absolute atomic E-state index is 8.51. The van der Waals surface area contributed by atoms with Gasteiger partial charge in [0, 0.05) is 0 Å². The summed E-state index contributed by atoms with van der Waals surface area (Å²) in [6.45, 7) is 4.99. The fourth-order valence-corrected chi connectivity index (χ4v) is 1.55. The van der Waals surface area contributed by atoms with Crippen LogP contribution in [0, 0.1) is 0 Å². The number of aliphatic hydroxyl groups excluding tert-OH is 10. The van der Waals surface area contributed by atoms with E-state index in [9.17, 15) is 0 Å². The van der Waals surface area contributed by atoms with E-state index in [1.54, 1.807) is 0 Å². The average Bonchev–Trinajstić information content (AvgIpc) is 2.85. The number of hydrogen-bond donors (Lipinski definition) is 15. The molecular formula is C20H60N5O10+5. The van der Waals surface area contributed by atoms with E-state index in [2.05, 4.69) is 11.5 Å². The molecule has 0 aromatic heterocycles. The van der Waals surface area contributed by atoms with Gasteiger partial charge in [0.15, 0.2) is 5.54 Å². The number of nitrogens with two attached hydrogens (primary N) is 1. The zero-order chi connectivity index (χ0) is 28.4. The van der Waals surface area contributed by atoms with Crippen molar-refractivity contribution in [3.63, 3.8) is 0 Å². The second-order valence-electron chi connectivity index (χ2n) is 7.72. The van der Waals surface area contributed by atoms with Gasteiger partial charge in [-0.3, -0.25) is 0 Å². The average molecular weight is 531 g/mol. The maximum atomic E-state index is 8.51. The summed E-state index contributed by atoms with van der Waals surface area (Å²) < 4.78 is 0. The van der Waals surface area contributed by atoms with E-state index < -0.39 is 5.54 Å². The van der Waals surface area contributed by atoms with Crippen LogP contribution in [0.5, 0.6) is 0 Å². The molecule has 0 aliphatic heterocycles. The molecular weight excluding hydrogens is 470 g/mol. The highest BCUT2D eigenvalue weighted by atomic mass is 16.3. The van der Waals surface area contributed by atoms with Gasteiger partial charge in [-0.1, -0.05) is 0 Å². The predicted octanol–water partition coefficient (Wildman–Crippen LogP) is -12.3. The van der Waals surface area contributed by atoms with Gasteiger partial charge >= 0.3 is 0 Å². The van der Waals surface area contributed by atoms with Crippen molar-refractivity contribution in [1.29, 1.82) is 0 Å². The second kappa shape index (κ2) is 40.6. The molecule has 0 amide bonds. The van der Waals surface area contributed by atoms with Crippen molar-refractivity contribution in [3.8, 4) is 0 Å². The molecule has 0 atom stereocenters. The van der Waals surface area contributed by atoms with Gasteiger partial charge in [0.1, 0.15) is 46.0 Å². The fraction of sp³-hybridized carbons (Fsp3) is 1.00. The highest BCUT2D eigenvalue weighted by Crippen LogP contribution is 1.89. The van der Waals surface area contributed by atoms with Gasteiger partial charge in [-0.2, -0.15) is 0 Å². The first kappa shape index (κ1) is 44.4. The summed E-state index contributed by atoms with van der Waals surface area (Å²) in [5, 5.41) is 85.0. The molecule has 0 fully saturated rings. The topological polar surface area (TPSA) is 283 Å². The molecule has 0 saturated carbocycles. The lowest BCUT2D eigenvalue weighted by atomic mass is 10.1. The summed E-state index contributed by atoms with van der Waals surface area (Å²) in [5.41, 5.74) is 5.77. The van der Waals surface area contributed by atoms with Gasteiger partial charge in [-0.05, 0) is 0 Å². The largest absolute Gasteiger partial charge is 0.391 e. The Kier molecular flexibility index (Phi) is 51.5. The predicted molar refractivity (Wildman–Crippen MR) is 129 cm³/mol. The van der Waals surface area contributed by atoms with Gasteiger partial charge in [-0.25, -0.2) is 0 Å². The first-order chi connectivity index (χ1) is 16.6. The van der Waals surface area contributed by atoms with E-state index in [4.69, 9.17) is 51.1 Å². The van der Waals surface area contributed by atoms with Gasteiger partial charge in [-0.15, -0.1) is 0 Å². The van der Waals surface area contributed by atoms with Gasteiger partial charge < -0.3 is 77.6 Å². The minimum atomic E-state index is -0.958. The quantitative estimate of drug-likeness (QED) is 0.0836. The van der Waals surface area contributed by atoms with E-state index in [-0.39, 0.29) is 59.5 Å². The van der Waals surface area contributed by atoms with Gasteiger partial charge in [0.2, 0.25) is 0 Å². The molecule has 15 heteroatoms. The van der Waals surface area contributed by atoms with Crippen molar-refractivity contribution < 1.29 is 77.6 Å². The first-order valence-corrected chi connectivity index (χ1v) is 11.8. The van der Waals surface area contributed by atoms with Crippen molar-refractivity contribution >= 4 is 0 Å². The van der Waals surface area contributed by atoms with E-state index in [0.717, 1.165) is 11.4 Å². The Morgan fingerprint density at radius 2 is 0.886 bits per heavy atom. The lowest BCUT2D eigenvalue weighted by Gasteiger charge is -2.16. The van der Waals surface area contributed by atoms with Crippen molar-refractivity contribution in [2.24, 2.45) is 0 Å². The van der Waals surface area contributed by atoms with Crippen LogP contribution in [-0.2, 0) is 0 Å². The third-order valence-electron chi connectivity index (χ3n) is 3.84. The molecule has 0 aromatic rings. The molecule has 0 saturated heterocycles. The van der Waals surface area contributed by atoms with Crippen LogP contribution in [-0.4, -0.2) is 183 Å². The summed E-state index contributed by atoms with van der Waals surface area (Å²) in [5.74, 6) is 0. The number of quaternary nitrogens is 5. The number of likely N-dealkylation sites (N-methyl/N-ethyl adjacent to an activating group) is 1. The van der Waals surface area contributed by atoms with Gasteiger partial charge in [0.05, 0.1) is 80.0 Å². The van der Waals surface area contributed by atoms with Crippen LogP contribution in [0.1, 0.15) is 0 Å². The van der Waals surface area contributed by atoms with Crippen molar-refractivity contribution in [2.75, 3.05) is 126 Å². The molecule has 0 aliphatic rings. The molecule has 15 nitrogen and oxygen atoms in total. The van der Waals surface area contributed by atoms with Crippen molar-refractivity contribution in [3.05, 3.63) is 0 Å². The SMILES string of the molecule is C[NH+](C)CCO.OCC[NH+](CCO)CCO.OCC[NH2+]CCO.[NH3+]C(CO)(CO)CO.[NH3+]CCO. The second-order valence-corrected chi connectivity index (χ2v) is 7.72. The Labute approximate surface area is 209 Å². The maximum Gasteiger partial charge on any atom is 0.164 e. The Hall–Kier alpha value is -0.600. The molecule has 0 rings (SSSR count). The van der Waals surface area contributed by atoms with Crippen molar-refractivity contribution in [2.45, 2.75) is 5.54 Å². The molecule has 0 heterocycles. The lowest BCUT2D eigenvalue weighted by molar-refractivity contribution is -0.901. The zero-order valence-electron chi connectivity index (χ0n) is 22.0. The van der Waals surface area contributed by atoms with Crippen LogP contribution < -0.4 is 26.6 Å². The molecule has 0 aromatic carbocycles. The van der Waals surface area contributed by atoms with Crippen LogP contribution in [0.15, 0.2) is 0 Å². The number of nitrogens with one attached hydrogen (secondary N) is 2. The number of rotatable bonds is 16. The van der Waals surface area contributed by atoms with E-state index >= 15 is 0 Å². The highest BCUT2D eigenvalue weighted by Gasteiger charge is 2.25. The van der Waals surface area contributed by atoms with Crippen LogP contribution in [0.25, 0.3) is 0 Å². The summed E-state index contributed by atoms with van der Waals surface area (Å²) >= 11 is 0. The fourth-order valence-electron chi connectivity index (χ4n) is 1.55. The minimum absolute atomic E-state index is 0.106. The number of hydrogen-bond acceptors (Lipinski definition) is 10. The number of aliphatic hydroxyl groups is 10. The monoisotopic (exact) mass is 530 g/mol. The van der Waals surface area contributed by atoms with Gasteiger partial charge in [0.25, 0.3) is 0 Å². The molecule has 20 N–H and O–H groups in total. The molecule has 0 unspecified atom stereocenters. The van der Waals surface area contributed by atoms with Crippen LogP contribution in [0.4, 0.5) is 0 Å². The van der Waals surface area contributed by atoms with Crippen LogP contribution >= 0.6 is 0 Å². The molecule has 0 spiro atoms. The van der Waals surface area contributed by atoms with E-state index in [1.807, 2.05) is 19.4 Å². The highest BCUT2D eigenvalue weighted by molar-refractivity contribution is 4.71. The molecule has 0 radical (unpaired) electrons. The first-order valence-electron chi connectivity index (χ1n) is 11.8. The van der Waals surface area contributed by atoms with E-state index in [1.165, 1.54) is 4.90 Å². The molecule has 220 valence electrons. The smallest absolute Gasteiger partial charge is 0.164 e. The normalized spacial score (nSPS) is 10.3. The standard InChI is InChI=1S/C6H15NO3.C4H11NO3.C4H11NO2.C4H11NO.C2H7NO/c8-4-1-7(2-5-9)3-6-10;5-4(1-6,2-7)3-8;6-3-1-5-2-4-7;1-5(2)3-4-6;3-1-2-4/h8-10H,1-6H2;6-8H,1-3,5H2;5-7H,1-4H2;6H,3-4H2,1-2H3;4H,1-3H2/p+5.